The molecule has 0 radical (unpaired) electrons. The molecule has 2 saturated heterocycles. The molecule has 2 aromatic carbocycles. The van der Waals surface area contributed by atoms with Gasteiger partial charge in [-0.2, -0.15) is 0 Å². The Labute approximate surface area is 199 Å². The van der Waals surface area contributed by atoms with E-state index in [2.05, 4.69) is 11.5 Å². The van der Waals surface area contributed by atoms with E-state index < -0.39 is 17.7 Å². The number of hydrogen-bond acceptors (Lipinski definition) is 6. The Morgan fingerprint density at radius 3 is 2.59 bits per heavy atom. The number of aliphatic hydroxyl groups is 1. The molecule has 0 saturated carbocycles. The molecule has 1 N–H and O–H groups in total. The van der Waals surface area contributed by atoms with E-state index in [1.54, 1.807) is 23.1 Å². The molecule has 2 aliphatic heterocycles. The van der Waals surface area contributed by atoms with Crippen molar-refractivity contribution in [1.82, 2.24) is 9.80 Å². The van der Waals surface area contributed by atoms with E-state index in [4.69, 9.17) is 9.47 Å². The van der Waals surface area contributed by atoms with E-state index in [0.29, 0.717) is 49.8 Å². The quantitative estimate of drug-likeness (QED) is 0.281. The van der Waals surface area contributed by atoms with Gasteiger partial charge in [-0.15, -0.1) is 0 Å². The number of nitrogens with zero attached hydrogens (tertiary/aromatic N) is 2. The maximum Gasteiger partial charge on any atom is 0.295 e. The standard InChI is InChI=1S/C27H30N2O5/c1-3-15-34-22-6-4-5-21(18-22)24-23(25(30)20-9-7-19(2)8-10-20)26(31)27(32)29(24)12-11-28-13-16-33-17-14-28/h3-10,18,24,30H,1,11-17H2,2H3/b25-23+. The lowest BCUT2D eigenvalue weighted by Gasteiger charge is -2.31. The molecule has 4 rings (SSSR count). The minimum absolute atomic E-state index is 0.0942. The molecule has 7 heteroatoms. The van der Waals surface area contributed by atoms with Gasteiger partial charge in [0.25, 0.3) is 11.7 Å². The first-order valence-electron chi connectivity index (χ1n) is 11.5. The summed E-state index contributed by atoms with van der Waals surface area (Å²) >= 11 is 0. The molecule has 2 aliphatic rings. The van der Waals surface area contributed by atoms with E-state index in [1.807, 2.05) is 43.3 Å². The van der Waals surface area contributed by atoms with Crippen LogP contribution in [0.15, 0.2) is 66.8 Å². The number of ketones is 1. The van der Waals surface area contributed by atoms with Gasteiger partial charge in [0.15, 0.2) is 0 Å². The average Bonchev–Trinajstić information content (AvgIpc) is 3.12. The van der Waals surface area contributed by atoms with E-state index >= 15 is 0 Å². The average molecular weight is 463 g/mol. The molecular formula is C27H30N2O5. The van der Waals surface area contributed by atoms with Gasteiger partial charge in [0.05, 0.1) is 24.8 Å². The highest BCUT2D eigenvalue weighted by Gasteiger charge is 2.46. The molecule has 0 aliphatic carbocycles. The van der Waals surface area contributed by atoms with Gasteiger partial charge in [-0.25, -0.2) is 0 Å². The van der Waals surface area contributed by atoms with Crippen LogP contribution in [0.5, 0.6) is 5.75 Å². The Morgan fingerprint density at radius 1 is 1.15 bits per heavy atom. The summed E-state index contributed by atoms with van der Waals surface area (Å²) < 4.78 is 11.1. The van der Waals surface area contributed by atoms with Crippen molar-refractivity contribution in [3.8, 4) is 5.75 Å². The first kappa shape index (κ1) is 23.7. The number of ether oxygens (including phenoxy) is 2. The van der Waals surface area contributed by atoms with Crippen LogP contribution in [-0.4, -0.2) is 72.6 Å². The number of morpholine rings is 1. The van der Waals surface area contributed by atoms with Crippen molar-refractivity contribution < 1.29 is 24.2 Å². The van der Waals surface area contributed by atoms with Crippen LogP contribution < -0.4 is 4.74 Å². The number of benzene rings is 2. The second kappa shape index (κ2) is 10.7. The number of Topliss-reactive ketones (excluding diaryl/α,β-unsaturated/α-hetero) is 1. The second-order valence-electron chi connectivity index (χ2n) is 8.48. The third-order valence-corrected chi connectivity index (χ3v) is 6.17. The van der Waals surface area contributed by atoms with Crippen molar-refractivity contribution in [1.29, 1.82) is 0 Å². The predicted octanol–water partition coefficient (Wildman–Crippen LogP) is 3.31. The lowest BCUT2D eigenvalue weighted by molar-refractivity contribution is -0.140. The third kappa shape index (κ3) is 5.05. The van der Waals surface area contributed by atoms with Crippen molar-refractivity contribution in [2.24, 2.45) is 0 Å². The minimum atomic E-state index is -0.713. The van der Waals surface area contributed by atoms with Crippen LogP contribution in [0, 0.1) is 6.92 Å². The topological polar surface area (TPSA) is 79.3 Å². The van der Waals surface area contributed by atoms with E-state index in [0.717, 1.165) is 18.7 Å². The normalized spacial score (nSPS) is 20.5. The number of hydrogen-bond donors (Lipinski definition) is 1. The van der Waals surface area contributed by atoms with Gasteiger partial charge < -0.3 is 19.5 Å². The van der Waals surface area contributed by atoms with Gasteiger partial charge in [-0.1, -0.05) is 54.6 Å². The molecule has 34 heavy (non-hydrogen) atoms. The number of carbonyl (C=O) groups is 2. The summed E-state index contributed by atoms with van der Waals surface area (Å²) in [6.07, 6.45) is 1.65. The van der Waals surface area contributed by atoms with Crippen LogP contribution in [-0.2, 0) is 14.3 Å². The summed E-state index contributed by atoms with van der Waals surface area (Å²) in [5.41, 5.74) is 2.33. The summed E-state index contributed by atoms with van der Waals surface area (Å²) in [5, 5.41) is 11.2. The maximum atomic E-state index is 13.2. The van der Waals surface area contributed by atoms with Crippen molar-refractivity contribution in [3.63, 3.8) is 0 Å². The number of aliphatic hydroxyl groups excluding tert-OH is 1. The van der Waals surface area contributed by atoms with Crippen LogP contribution >= 0.6 is 0 Å². The zero-order chi connectivity index (χ0) is 24.1. The summed E-state index contributed by atoms with van der Waals surface area (Å²) in [4.78, 5) is 30.1. The van der Waals surface area contributed by atoms with Gasteiger partial charge in [-0.3, -0.25) is 14.5 Å². The largest absolute Gasteiger partial charge is 0.507 e. The first-order valence-corrected chi connectivity index (χ1v) is 11.5. The number of aryl methyl sites for hydroxylation is 1. The highest BCUT2D eigenvalue weighted by Crippen LogP contribution is 2.40. The maximum absolute atomic E-state index is 13.2. The number of likely N-dealkylation sites (tertiary alicyclic amines) is 1. The summed E-state index contributed by atoms with van der Waals surface area (Å²) in [6, 6.07) is 13.8. The predicted molar refractivity (Wildman–Crippen MR) is 130 cm³/mol. The number of amides is 1. The number of rotatable bonds is 8. The molecule has 2 fully saturated rings. The zero-order valence-corrected chi connectivity index (χ0v) is 19.4. The van der Waals surface area contributed by atoms with Crippen molar-refractivity contribution in [3.05, 3.63) is 83.4 Å². The minimum Gasteiger partial charge on any atom is -0.507 e. The Hall–Kier alpha value is -3.42. The van der Waals surface area contributed by atoms with Gasteiger partial charge >= 0.3 is 0 Å². The molecule has 0 bridgehead atoms. The molecule has 178 valence electrons. The van der Waals surface area contributed by atoms with Crippen molar-refractivity contribution in [2.75, 3.05) is 46.0 Å². The lowest BCUT2D eigenvalue weighted by atomic mass is 9.95. The molecule has 7 nitrogen and oxygen atoms in total. The van der Waals surface area contributed by atoms with Gasteiger partial charge in [-0.05, 0) is 24.6 Å². The van der Waals surface area contributed by atoms with Crippen LogP contribution in [0.2, 0.25) is 0 Å². The zero-order valence-electron chi connectivity index (χ0n) is 19.4. The molecule has 2 aromatic rings. The Bertz CT molecular complexity index is 1090. The lowest BCUT2D eigenvalue weighted by Crippen LogP contribution is -2.42. The molecule has 2 heterocycles. The van der Waals surface area contributed by atoms with Crippen LogP contribution in [0.25, 0.3) is 5.76 Å². The van der Waals surface area contributed by atoms with Crippen LogP contribution in [0.1, 0.15) is 22.7 Å². The van der Waals surface area contributed by atoms with E-state index in [1.165, 1.54) is 0 Å². The Balaban J connectivity index is 1.73. The smallest absolute Gasteiger partial charge is 0.295 e. The van der Waals surface area contributed by atoms with Crippen molar-refractivity contribution in [2.45, 2.75) is 13.0 Å². The first-order chi connectivity index (χ1) is 16.5. The Kier molecular flexibility index (Phi) is 7.45. The highest BCUT2D eigenvalue weighted by atomic mass is 16.5. The van der Waals surface area contributed by atoms with Crippen LogP contribution in [0.4, 0.5) is 0 Å². The fraction of sp³-hybridized carbons (Fsp3) is 0.333. The fourth-order valence-electron chi connectivity index (χ4n) is 4.33. The molecule has 0 spiro atoms. The van der Waals surface area contributed by atoms with Gasteiger partial charge in [0.2, 0.25) is 0 Å². The van der Waals surface area contributed by atoms with Gasteiger partial charge in [0.1, 0.15) is 18.1 Å². The second-order valence-corrected chi connectivity index (χ2v) is 8.48. The van der Waals surface area contributed by atoms with Crippen LogP contribution in [0.3, 0.4) is 0 Å². The summed E-state index contributed by atoms with van der Waals surface area (Å²) in [6.45, 7) is 9.80. The molecule has 1 unspecified atom stereocenters. The molecule has 1 atom stereocenters. The summed E-state index contributed by atoms with van der Waals surface area (Å²) in [7, 11) is 0. The fourth-order valence-corrected chi connectivity index (χ4v) is 4.33. The summed E-state index contributed by atoms with van der Waals surface area (Å²) in [5.74, 6) is -0.854. The van der Waals surface area contributed by atoms with Gasteiger partial charge in [0, 0.05) is 31.7 Å². The number of carbonyl (C=O) groups excluding carboxylic acids is 2. The molecule has 0 aromatic heterocycles. The Morgan fingerprint density at radius 2 is 1.88 bits per heavy atom. The monoisotopic (exact) mass is 462 g/mol. The molecule has 1 amide bonds. The third-order valence-electron chi connectivity index (χ3n) is 6.17. The molecular weight excluding hydrogens is 432 g/mol. The van der Waals surface area contributed by atoms with E-state index in [-0.39, 0.29) is 11.3 Å². The van der Waals surface area contributed by atoms with Crippen molar-refractivity contribution >= 4 is 17.4 Å². The SMILES string of the molecule is C=CCOc1cccc(C2/C(=C(\O)c3ccc(C)cc3)C(=O)C(=O)N2CCN2CCOCC2)c1. The van der Waals surface area contributed by atoms with E-state index in [9.17, 15) is 14.7 Å². The highest BCUT2D eigenvalue weighted by molar-refractivity contribution is 6.46.